The molecule has 4 nitrogen and oxygen atoms in total. The zero-order chi connectivity index (χ0) is 15.2. The van der Waals surface area contributed by atoms with Gasteiger partial charge in [0.2, 0.25) is 0 Å². The Morgan fingerprint density at radius 3 is 2.43 bits per heavy atom. The highest BCUT2D eigenvalue weighted by Gasteiger charge is 2.35. The Balaban J connectivity index is 2.25. The van der Waals surface area contributed by atoms with Crippen molar-refractivity contribution in [2.45, 2.75) is 13.1 Å². The molecule has 0 saturated carbocycles. The summed E-state index contributed by atoms with van der Waals surface area (Å²) in [4.78, 5) is 13.7. The van der Waals surface area contributed by atoms with Crippen molar-refractivity contribution in [1.29, 1.82) is 0 Å². The van der Waals surface area contributed by atoms with Crippen molar-refractivity contribution in [2.75, 3.05) is 0 Å². The van der Waals surface area contributed by atoms with Crippen LogP contribution < -0.4 is 5.56 Å². The predicted molar refractivity (Wildman–Crippen MR) is 71.0 cm³/mol. The van der Waals surface area contributed by atoms with Crippen molar-refractivity contribution in [2.24, 2.45) is 0 Å². The van der Waals surface area contributed by atoms with E-state index >= 15 is 0 Å². The number of aryl methyl sites for hydroxylation is 1. The zero-order valence-corrected chi connectivity index (χ0v) is 10.9. The van der Waals surface area contributed by atoms with Crippen LogP contribution in [-0.4, -0.2) is 14.6 Å². The molecule has 0 aliphatic carbocycles. The van der Waals surface area contributed by atoms with Crippen LogP contribution in [0.25, 0.3) is 16.9 Å². The van der Waals surface area contributed by atoms with Gasteiger partial charge in [0.15, 0.2) is 5.69 Å². The number of hydrogen-bond acceptors (Lipinski definition) is 2. The van der Waals surface area contributed by atoms with Crippen LogP contribution in [0.2, 0.25) is 0 Å². The average molecular weight is 293 g/mol. The van der Waals surface area contributed by atoms with Crippen molar-refractivity contribution in [3.63, 3.8) is 0 Å². The number of aromatic amines is 1. The average Bonchev–Trinajstić information content (AvgIpc) is 2.80. The standard InChI is InChI=1S/C14H10F3N3O/c1-8-2-4-9(5-3-8)10-6-12-18-13(21)7-11(14(15,16)17)20(12)19-10/h2-7H,1H3,(H,18,21). The summed E-state index contributed by atoms with van der Waals surface area (Å²) in [5, 5.41) is 3.95. The van der Waals surface area contributed by atoms with Gasteiger partial charge in [-0.1, -0.05) is 29.8 Å². The van der Waals surface area contributed by atoms with Gasteiger partial charge in [-0.2, -0.15) is 18.3 Å². The third-order valence-corrected chi connectivity index (χ3v) is 3.09. The summed E-state index contributed by atoms with van der Waals surface area (Å²) in [6.07, 6.45) is -4.65. The molecule has 0 aliphatic heterocycles. The quantitative estimate of drug-likeness (QED) is 0.749. The number of rotatable bonds is 1. The fourth-order valence-electron chi connectivity index (χ4n) is 2.07. The van der Waals surface area contributed by atoms with E-state index in [0.29, 0.717) is 21.8 Å². The summed E-state index contributed by atoms with van der Waals surface area (Å²) >= 11 is 0. The van der Waals surface area contributed by atoms with E-state index in [9.17, 15) is 18.0 Å². The zero-order valence-electron chi connectivity index (χ0n) is 10.9. The van der Waals surface area contributed by atoms with E-state index < -0.39 is 17.4 Å². The first kappa shape index (κ1) is 13.4. The smallest absolute Gasteiger partial charge is 0.307 e. The lowest BCUT2D eigenvalue weighted by molar-refractivity contribution is -0.142. The van der Waals surface area contributed by atoms with Crippen LogP contribution in [0.3, 0.4) is 0 Å². The summed E-state index contributed by atoms with van der Waals surface area (Å²) in [5.41, 5.74) is 0.169. The largest absolute Gasteiger partial charge is 0.433 e. The molecule has 21 heavy (non-hydrogen) atoms. The topological polar surface area (TPSA) is 50.2 Å². The van der Waals surface area contributed by atoms with E-state index in [-0.39, 0.29) is 5.65 Å². The summed E-state index contributed by atoms with van der Waals surface area (Å²) in [5.74, 6) is 0. The number of fused-ring (bicyclic) bond motifs is 1. The minimum absolute atomic E-state index is 0.00500. The second-order valence-electron chi connectivity index (χ2n) is 4.71. The fraction of sp³-hybridized carbons (Fsp3) is 0.143. The molecule has 0 spiro atoms. The van der Waals surface area contributed by atoms with Crippen molar-refractivity contribution in [3.05, 3.63) is 58.0 Å². The molecule has 3 rings (SSSR count). The molecule has 0 aliphatic rings. The van der Waals surface area contributed by atoms with Crippen molar-refractivity contribution in [3.8, 4) is 11.3 Å². The normalized spacial score (nSPS) is 12.0. The van der Waals surface area contributed by atoms with Crippen LogP contribution in [0, 0.1) is 6.92 Å². The van der Waals surface area contributed by atoms with Gasteiger partial charge in [0.25, 0.3) is 5.56 Å². The summed E-state index contributed by atoms with van der Waals surface area (Å²) in [7, 11) is 0. The lowest BCUT2D eigenvalue weighted by Gasteiger charge is -2.07. The second-order valence-corrected chi connectivity index (χ2v) is 4.71. The van der Waals surface area contributed by atoms with E-state index in [4.69, 9.17) is 0 Å². The summed E-state index contributed by atoms with van der Waals surface area (Å²) < 4.78 is 39.6. The Kier molecular flexibility index (Phi) is 2.86. The number of hydrogen-bond donors (Lipinski definition) is 1. The Bertz CT molecular complexity index is 860. The number of nitrogens with zero attached hydrogens (tertiary/aromatic N) is 2. The Morgan fingerprint density at radius 2 is 1.81 bits per heavy atom. The first-order valence-electron chi connectivity index (χ1n) is 6.12. The summed E-state index contributed by atoms with van der Waals surface area (Å²) in [6, 6.07) is 9.13. The van der Waals surface area contributed by atoms with Crippen LogP contribution in [0.15, 0.2) is 41.2 Å². The van der Waals surface area contributed by atoms with Crippen LogP contribution in [0.5, 0.6) is 0 Å². The molecule has 3 aromatic rings. The number of nitrogens with one attached hydrogen (secondary N) is 1. The maximum absolute atomic E-state index is 12.9. The van der Waals surface area contributed by atoms with E-state index in [1.807, 2.05) is 19.1 Å². The third kappa shape index (κ3) is 2.42. The molecule has 0 bridgehead atoms. The highest BCUT2D eigenvalue weighted by Crippen LogP contribution is 2.29. The number of H-pyrrole nitrogens is 1. The maximum Gasteiger partial charge on any atom is 0.433 e. The molecule has 0 atom stereocenters. The fourth-order valence-corrected chi connectivity index (χ4v) is 2.07. The number of alkyl halides is 3. The van der Waals surface area contributed by atoms with Gasteiger partial charge in [-0.15, -0.1) is 0 Å². The molecule has 0 radical (unpaired) electrons. The van der Waals surface area contributed by atoms with Gasteiger partial charge in [-0.05, 0) is 6.92 Å². The number of aromatic nitrogens is 3. The summed E-state index contributed by atoms with van der Waals surface area (Å²) in [6.45, 7) is 1.91. The molecule has 0 fully saturated rings. The molecule has 1 N–H and O–H groups in total. The highest BCUT2D eigenvalue weighted by atomic mass is 19.4. The second kappa shape index (κ2) is 4.47. The van der Waals surface area contributed by atoms with E-state index in [2.05, 4.69) is 10.1 Å². The first-order chi connectivity index (χ1) is 9.84. The lowest BCUT2D eigenvalue weighted by Crippen LogP contribution is -2.19. The molecule has 7 heteroatoms. The number of halogens is 3. The SMILES string of the molecule is Cc1ccc(-c2cc3[nH]c(=O)cc(C(F)(F)F)n3n2)cc1. The Labute approximate surface area is 116 Å². The van der Waals surface area contributed by atoms with Crippen LogP contribution in [0.1, 0.15) is 11.3 Å². The van der Waals surface area contributed by atoms with Gasteiger partial charge in [0.05, 0.1) is 5.69 Å². The molecular formula is C14H10F3N3O. The molecule has 0 unspecified atom stereocenters. The maximum atomic E-state index is 12.9. The van der Waals surface area contributed by atoms with Gasteiger partial charge < -0.3 is 4.98 Å². The molecule has 2 heterocycles. The van der Waals surface area contributed by atoms with Crippen molar-refractivity contribution in [1.82, 2.24) is 14.6 Å². The van der Waals surface area contributed by atoms with E-state index in [1.165, 1.54) is 6.07 Å². The van der Waals surface area contributed by atoms with Crippen LogP contribution in [-0.2, 0) is 6.18 Å². The predicted octanol–water partition coefficient (Wildman–Crippen LogP) is 3.02. The van der Waals surface area contributed by atoms with Gasteiger partial charge in [0.1, 0.15) is 5.65 Å². The number of benzene rings is 1. The van der Waals surface area contributed by atoms with Gasteiger partial charge in [-0.3, -0.25) is 4.79 Å². The van der Waals surface area contributed by atoms with Crippen molar-refractivity contribution >= 4 is 5.65 Å². The minimum Gasteiger partial charge on any atom is -0.307 e. The lowest BCUT2D eigenvalue weighted by atomic mass is 10.1. The molecule has 1 aromatic carbocycles. The highest BCUT2D eigenvalue weighted by molar-refractivity contribution is 5.64. The van der Waals surface area contributed by atoms with Crippen LogP contribution >= 0.6 is 0 Å². The van der Waals surface area contributed by atoms with Gasteiger partial charge in [0, 0.05) is 17.7 Å². The third-order valence-electron chi connectivity index (χ3n) is 3.09. The monoisotopic (exact) mass is 293 g/mol. The van der Waals surface area contributed by atoms with Gasteiger partial charge >= 0.3 is 6.18 Å². The molecule has 2 aromatic heterocycles. The molecule has 108 valence electrons. The molecule has 0 saturated heterocycles. The molecular weight excluding hydrogens is 283 g/mol. The van der Waals surface area contributed by atoms with E-state index in [1.54, 1.807) is 12.1 Å². The van der Waals surface area contributed by atoms with E-state index in [0.717, 1.165) is 5.56 Å². The minimum atomic E-state index is -4.65. The first-order valence-corrected chi connectivity index (χ1v) is 6.12. The Morgan fingerprint density at radius 1 is 1.14 bits per heavy atom. The van der Waals surface area contributed by atoms with Gasteiger partial charge in [-0.25, -0.2) is 4.52 Å². The molecule has 0 amide bonds. The Hall–Kier alpha value is -2.57. The van der Waals surface area contributed by atoms with Crippen LogP contribution in [0.4, 0.5) is 13.2 Å². The van der Waals surface area contributed by atoms with Crippen molar-refractivity contribution < 1.29 is 13.2 Å².